The monoisotopic (exact) mass is 536 g/mol. The van der Waals surface area contributed by atoms with Gasteiger partial charge in [0.1, 0.15) is 0 Å². The zero-order chi connectivity index (χ0) is 27.8. The first-order valence-electron chi connectivity index (χ1n) is 13.9. The molecule has 1 saturated heterocycles. The molecule has 0 atom stereocenters. The third-order valence-electron chi connectivity index (χ3n) is 8.00. The van der Waals surface area contributed by atoms with Gasteiger partial charge in [0.05, 0.1) is 40.0 Å². The van der Waals surface area contributed by atoms with Gasteiger partial charge in [-0.3, -0.25) is 9.47 Å². The molecule has 200 valence electrons. The first-order valence-corrected chi connectivity index (χ1v) is 13.9. The van der Waals surface area contributed by atoms with Crippen molar-refractivity contribution >= 4 is 27.8 Å². The molecule has 0 radical (unpaired) electrons. The van der Waals surface area contributed by atoms with Gasteiger partial charge in [0.25, 0.3) is 0 Å². The third kappa shape index (κ3) is 4.79. The zero-order valence-electron chi connectivity index (χ0n) is 22.5. The minimum Gasteiger partial charge on any atom is -0.306 e. The van der Waals surface area contributed by atoms with E-state index in [1.807, 2.05) is 65.2 Å². The van der Waals surface area contributed by atoms with Crippen molar-refractivity contribution in [1.29, 1.82) is 0 Å². The minimum atomic E-state index is -0.0151. The molecule has 7 rings (SSSR count). The second-order valence-corrected chi connectivity index (χ2v) is 10.6. The fourth-order valence-corrected chi connectivity index (χ4v) is 5.91. The quantitative estimate of drug-likeness (QED) is 0.241. The number of aromatic amines is 1. The molecule has 2 aromatic heterocycles. The zero-order valence-corrected chi connectivity index (χ0v) is 22.5. The summed E-state index contributed by atoms with van der Waals surface area (Å²) in [6, 6.07) is 32.3. The van der Waals surface area contributed by atoms with E-state index in [2.05, 4.69) is 39.0 Å². The maximum atomic E-state index is 12.6. The Bertz CT molecular complexity index is 1960. The van der Waals surface area contributed by atoms with E-state index in [1.165, 1.54) is 5.56 Å². The molecule has 0 amide bonds. The van der Waals surface area contributed by atoms with Gasteiger partial charge >= 0.3 is 5.69 Å². The molecule has 1 aliphatic rings. The molecule has 4 aromatic carbocycles. The molecular formula is C34H28N6O. The second kappa shape index (κ2) is 10.5. The fourth-order valence-electron chi connectivity index (χ4n) is 5.91. The van der Waals surface area contributed by atoms with Gasteiger partial charge in [-0.1, -0.05) is 72.8 Å². The maximum absolute atomic E-state index is 12.6. The first-order chi connectivity index (χ1) is 20.2. The lowest BCUT2D eigenvalue weighted by Gasteiger charge is -2.32. The minimum absolute atomic E-state index is 0.0151. The molecule has 1 N–H and O–H groups in total. The second-order valence-electron chi connectivity index (χ2n) is 10.6. The van der Waals surface area contributed by atoms with E-state index in [4.69, 9.17) is 16.5 Å². The Morgan fingerprint density at radius 2 is 1.49 bits per heavy atom. The number of aromatic nitrogens is 4. The van der Waals surface area contributed by atoms with Crippen LogP contribution in [0.3, 0.4) is 0 Å². The highest BCUT2D eigenvalue weighted by Crippen LogP contribution is 2.32. The molecule has 0 bridgehead atoms. The predicted molar refractivity (Wildman–Crippen MR) is 163 cm³/mol. The normalized spacial score (nSPS) is 14.4. The summed E-state index contributed by atoms with van der Waals surface area (Å²) >= 11 is 0. The van der Waals surface area contributed by atoms with Gasteiger partial charge < -0.3 is 4.98 Å². The SMILES string of the molecule is [C-]#[N+]c1ccc2nc(-c3ccc(CN4CCC(n5c(=O)[nH]c6ccccc65)CC4)cc3)c(-c3ccccc3)nc2c1. The lowest BCUT2D eigenvalue weighted by atomic mass is 10.0. The Kier molecular flexibility index (Phi) is 6.38. The van der Waals surface area contributed by atoms with E-state index in [0.717, 1.165) is 77.1 Å². The number of rotatable bonds is 5. The van der Waals surface area contributed by atoms with Crippen LogP contribution in [0.4, 0.5) is 5.69 Å². The molecule has 7 heteroatoms. The summed E-state index contributed by atoms with van der Waals surface area (Å²) in [4.78, 5) is 31.6. The Labute approximate surface area is 237 Å². The van der Waals surface area contributed by atoms with Gasteiger partial charge in [-0.15, -0.1) is 0 Å². The van der Waals surface area contributed by atoms with Gasteiger partial charge in [-0.2, -0.15) is 0 Å². The lowest BCUT2D eigenvalue weighted by molar-refractivity contribution is 0.180. The number of benzene rings is 4. The van der Waals surface area contributed by atoms with E-state index in [1.54, 1.807) is 12.1 Å². The number of piperidine rings is 1. The van der Waals surface area contributed by atoms with Gasteiger partial charge in [0.15, 0.2) is 5.69 Å². The summed E-state index contributed by atoms with van der Waals surface area (Å²) in [5.74, 6) is 0. The van der Waals surface area contributed by atoms with Crippen molar-refractivity contribution in [2.75, 3.05) is 13.1 Å². The Morgan fingerprint density at radius 3 is 2.24 bits per heavy atom. The van der Waals surface area contributed by atoms with E-state index >= 15 is 0 Å². The fraction of sp³-hybridized carbons (Fsp3) is 0.176. The number of imidazole rings is 1. The van der Waals surface area contributed by atoms with Gasteiger partial charge in [0, 0.05) is 36.8 Å². The average Bonchev–Trinajstić information content (AvgIpc) is 3.37. The van der Waals surface area contributed by atoms with Crippen molar-refractivity contribution in [2.45, 2.75) is 25.4 Å². The summed E-state index contributed by atoms with van der Waals surface area (Å²) in [6.45, 7) is 10.1. The summed E-state index contributed by atoms with van der Waals surface area (Å²) < 4.78 is 1.94. The van der Waals surface area contributed by atoms with Gasteiger partial charge in [-0.05, 0) is 42.7 Å². The van der Waals surface area contributed by atoms with E-state index in [9.17, 15) is 4.79 Å². The van der Waals surface area contributed by atoms with Crippen molar-refractivity contribution in [3.63, 3.8) is 0 Å². The molecule has 0 saturated carbocycles. The van der Waals surface area contributed by atoms with Crippen LogP contribution in [0.1, 0.15) is 24.4 Å². The molecule has 1 aliphatic heterocycles. The maximum Gasteiger partial charge on any atom is 0.326 e. The number of nitrogens with one attached hydrogen (secondary N) is 1. The number of hydrogen-bond acceptors (Lipinski definition) is 4. The van der Waals surface area contributed by atoms with Crippen molar-refractivity contribution < 1.29 is 0 Å². The summed E-state index contributed by atoms with van der Waals surface area (Å²) in [6.07, 6.45) is 1.89. The summed E-state index contributed by atoms with van der Waals surface area (Å²) in [5, 5.41) is 0. The van der Waals surface area contributed by atoms with Crippen molar-refractivity contribution in [2.24, 2.45) is 0 Å². The average molecular weight is 537 g/mol. The summed E-state index contributed by atoms with van der Waals surface area (Å²) in [5.41, 5.74) is 8.81. The smallest absolute Gasteiger partial charge is 0.306 e. The van der Waals surface area contributed by atoms with Crippen LogP contribution in [0.5, 0.6) is 0 Å². The van der Waals surface area contributed by atoms with E-state index in [0.29, 0.717) is 5.69 Å². The van der Waals surface area contributed by atoms with Crippen LogP contribution < -0.4 is 5.69 Å². The molecule has 0 aliphatic carbocycles. The van der Waals surface area contributed by atoms with Crippen LogP contribution in [0, 0.1) is 6.57 Å². The topological polar surface area (TPSA) is 71.2 Å². The molecule has 3 heterocycles. The Hall–Kier alpha value is -5.06. The van der Waals surface area contributed by atoms with Crippen molar-refractivity contribution in [3.05, 3.63) is 125 Å². The number of likely N-dealkylation sites (tertiary alicyclic amines) is 1. The molecular weight excluding hydrogens is 508 g/mol. The highest BCUT2D eigenvalue weighted by molar-refractivity contribution is 5.87. The van der Waals surface area contributed by atoms with E-state index < -0.39 is 0 Å². The number of para-hydroxylation sites is 2. The van der Waals surface area contributed by atoms with Gasteiger partial charge in [-0.25, -0.2) is 19.6 Å². The Balaban J connectivity index is 1.11. The van der Waals surface area contributed by atoms with Crippen LogP contribution in [-0.2, 0) is 6.54 Å². The third-order valence-corrected chi connectivity index (χ3v) is 8.00. The summed E-state index contributed by atoms with van der Waals surface area (Å²) in [7, 11) is 0. The van der Waals surface area contributed by atoms with Crippen molar-refractivity contribution in [1.82, 2.24) is 24.4 Å². The van der Waals surface area contributed by atoms with Gasteiger partial charge in [0.2, 0.25) is 0 Å². The molecule has 6 aromatic rings. The standard InChI is InChI=1S/C34H28N6O/c1-35-26-15-16-28-30(21-26)37-32(24-7-3-2-4-8-24)33(36-28)25-13-11-23(12-14-25)22-39-19-17-27(18-20-39)40-31-10-6-5-9-29(31)38-34(40)41/h2-16,21,27H,17-20,22H2,(H,38,41). The van der Waals surface area contributed by atoms with Crippen LogP contribution in [-0.4, -0.2) is 37.5 Å². The first kappa shape index (κ1) is 24.9. The number of H-pyrrole nitrogens is 1. The predicted octanol–water partition coefficient (Wildman–Crippen LogP) is 6.99. The molecule has 0 spiro atoms. The largest absolute Gasteiger partial charge is 0.326 e. The highest BCUT2D eigenvalue weighted by atomic mass is 16.1. The molecule has 41 heavy (non-hydrogen) atoms. The molecule has 7 nitrogen and oxygen atoms in total. The Morgan fingerprint density at radius 1 is 0.805 bits per heavy atom. The molecule has 1 fully saturated rings. The van der Waals surface area contributed by atoms with Crippen LogP contribution >= 0.6 is 0 Å². The molecule has 0 unspecified atom stereocenters. The number of fused-ring (bicyclic) bond motifs is 2. The number of nitrogens with zero attached hydrogens (tertiary/aromatic N) is 5. The number of hydrogen-bond donors (Lipinski definition) is 1. The van der Waals surface area contributed by atoms with Crippen LogP contribution in [0.15, 0.2) is 102 Å². The van der Waals surface area contributed by atoms with Crippen molar-refractivity contribution in [3.8, 4) is 22.5 Å². The highest BCUT2D eigenvalue weighted by Gasteiger charge is 2.23. The van der Waals surface area contributed by atoms with E-state index in [-0.39, 0.29) is 11.7 Å². The van der Waals surface area contributed by atoms with Crippen LogP contribution in [0.2, 0.25) is 0 Å². The van der Waals surface area contributed by atoms with Crippen LogP contribution in [0.25, 0.3) is 49.4 Å². The lowest BCUT2D eigenvalue weighted by Crippen LogP contribution is -2.36.